The minimum Gasteiger partial charge on any atom is -0.464 e. The molecule has 1 amide bonds. The summed E-state index contributed by atoms with van der Waals surface area (Å²) in [5, 5.41) is 21.7. The van der Waals surface area contributed by atoms with E-state index in [4.69, 9.17) is 19.7 Å². The van der Waals surface area contributed by atoms with E-state index in [0.717, 1.165) is 11.1 Å². The molecular formula is C21H36N2O6. The maximum absolute atomic E-state index is 12.0. The third-order valence-corrected chi connectivity index (χ3v) is 3.40. The van der Waals surface area contributed by atoms with Crippen LogP contribution >= 0.6 is 0 Å². The van der Waals surface area contributed by atoms with Gasteiger partial charge in [0.2, 0.25) is 0 Å². The van der Waals surface area contributed by atoms with Crippen molar-refractivity contribution in [2.45, 2.75) is 52.7 Å². The van der Waals surface area contributed by atoms with Gasteiger partial charge < -0.3 is 30.3 Å². The molecule has 166 valence electrons. The lowest BCUT2D eigenvalue weighted by Gasteiger charge is -2.23. The summed E-state index contributed by atoms with van der Waals surface area (Å²) in [5.41, 5.74) is 1.46. The molecule has 1 aromatic carbocycles. The van der Waals surface area contributed by atoms with Crippen LogP contribution in [0.2, 0.25) is 0 Å². The second kappa shape index (κ2) is 14.8. The van der Waals surface area contributed by atoms with E-state index in [9.17, 15) is 9.59 Å². The zero-order valence-corrected chi connectivity index (χ0v) is 18.2. The number of carbonyl (C=O) groups is 2. The summed E-state index contributed by atoms with van der Waals surface area (Å²) < 4.78 is 10.2. The first-order chi connectivity index (χ1) is 13.6. The number of aryl methyl sites for hydroxylation is 1. The van der Waals surface area contributed by atoms with Gasteiger partial charge in [0.1, 0.15) is 11.6 Å². The third kappa shape index (κ3) is 14.5. The average molecular weight is 413 g/mol. The zero-order valence-electron chi connectivity index (χ0n) is 18.2. The number of hydrogen-bond acceptors (Lipinski definition) is 7. The Labute approximate surface area is 173 Å². The molecule has 0 saturated carbocycles. The van der Waals surface area contributed by atoms with Gasteiger partial charge in [0, 0.05) is 19.5 Å². The van der Waals surface area contributed by atoms with Crippen molar-refractivity contribution in [3.8, 4) is 0 Å². The van der Waals surface area contributed by atoms with Crippen LogP contribution < -0.4 is 10.6 Å². The van der Waals surface area contributed by atoms with Crippen LogP contribution in [0, 0.1) is 6.92 Å². The fourth-order valence-electron chi connectivity index (χ4n) is 2.13. The number of alkyl carbamates (subject to hydrolysis) is 1. The van der Waals surface area contributed by atoms with Gasteiger partial charge in [0.05, 0.1) is 19.8 Å². The van der Waals surface area contributed by atoms with Crippen LogP contribution in [-0.4, -0.2) is 66.8 Å². The van der Waals surface area contributed by atoms with Gasteiger partial charge in [-0.2, -0.15) is 0 Å². The van der Waals surface area contributed by atoms with Crippen LogP contribution in [0.15, 0.2) is 24.3 Å². The van der Waals surface area contributed by atoms with Crippen LogP contribution in [0.3, 0.4) is 0 Å². The number of aliphatic hydroxyl groups is 2. The highest BCUT2D eigenvalue weighted by Crippen LogP contribution is 2.10. The van der Waals surface area contributed by atoms with Crippen LogP contribution in [0.4, 0.5) is 4.79 Å². The molecule has 0 radical (unpaired) electrons. The molecule has 0 aliphatic heterocycles. The second-order valence-corrected chi connectivity index (χ2v) is 7.34. The van der Waals surface area contributed by atoms with Gasteiger partial charge in [-0.25, -0.2) is 9.59 Å². The smallest absolute Gasteiger partial charge is 0.408 e. The van der Waals surface area contributed by atoms with E-state index in [2.05, 4.69) is 10.6 Å². The highest BCUT2D eigenvalue weighted by Gasteiger charge is 2.25. The largest absolute Gasteiger partial charge is 0.464 e. The molecule has 0 aliphatic carbocycles. The maximum atomic E-state index is 12.0. The number of aliphatic hydroxyl groups excluding tert-OH is 2. The molecule has 0 aliphatic rings. The van der Waals surface area contributed by atoms with Gasteiger partial charge in [-0.15, -0.1) is 0 Å². The highest BCUT2D eigenvalue weighted by molar-refractivity contribution is 5.81. The minimum atomic E-state index is -0.766. The Bertz CT molecular complexity index is 580. The predicted octanol–water partition coefficient (Wildman–Crippen LogP) is 1.55. The first kappa shape index (κ1) is 26.8. The van der Waals surface area contributed by atoms with Crippen molar-refractivity contribution < 1.29 is 29.3 Å². The van der Waals surface area contributed by atoms with E-state index in [1.807, 2.05) is 31.2 Å². The van der Waals surface area contributed by atoms with Crippen molar-refractivity contribution in [1.82, 2.24) is 10.6 Å². The lowest BCUT2D eigenvalue weighted by atomic mass is 10.0. The molecular weight excluding hydrogens is 376 g/mol. The fourth-order valence-corrected chi connectivity index (χ4v) is 2.13. The van der Waals surface area contributed by atoms with E-state index in [1.54, 1.807) is 27.7 Å². The first-order valence-corrected chi connectivity index (χ1v) is 9.77. The number of carbonyl (C=O) groups excluding carboxylic acids is 2. The molecule has 0 fully saturated rings. The zero-order chi connectivity index (χ0) is 22.3. The number of benzene rings is 1. The van der Waals surface area contributed by atoms with E-state index in [0.29, 0.717) is 19.5 Å². The van der Waals surface area contributed by atoms with E-state index < -0.39 is 23.7 Å². The topological polar surface area (TPSA) is 117 Å². The molecule has 29 heavy (non-hydrogen) atoms. The summed E-state index contributed by atoms with van der Waals surface area (Å²) in [5.74, 6) is -0.464. The van der Waals surface area contributed by atoms with Crippen LogP contribution in [0.5, 0.6) is 0 Å². The van der Waals surface area contributed by atoms with E-state index in [1.165, 1.54) is 0 Å². The molecule has 0 spiro atoms. The van der Waals surface area contributed by atoms with Crippen LogP contribution in [0.25, 0.3) is 0 Å². The second-order valence-electron chi connectivity index (χ2n) is 7.34. The lowest BCUT2D eigenvalue weighted by Crippen LogP contribution is -2.45. The normalized spacial score (nSPS) is 11.7. The predicted molar refractivity (Wildman–Crippen MR) is 112 cm³/mol. The molecule has 0 aromatic heterocycles. The molecule has 8 nitrogen and oxygen atoms in total. The van der Waals surface area contributed by atoms with Crippen molar-refractivity contribution in [3.63, 3.8) is 0 Å². The molecule has 8 heteroatoms. The fraction of sp³-hybridized carbons (Fsp3) is 0.619. The molecule has 0 heterocycles. The Hall–Kier alpha value is -2.16. The van der Waals surface area contributed by atoms with Gasteiger partial charge in [0.15, 0.2) is 0 Å². The molecule has 1 rings (SSSR count). The first-order valence-electron chi connectivity index (χ1n) is 9.77. The highest BCUT2D eigenvalue weighted by atomic mass is 16.6. The summed E-state index contributed by atoms with van der Waals surface area (Å²) in [6.45, 7) is 10.7. The third-order valence-electron chi connectivity index (χ3n) is 3.40. The lowest BCUT2D eigenvalue weighted by molar-refractivity contribution is -0.145. The van der Waals surface area contributed by atoms with Gasteiger partial charge in [-0.3, -0.25) is 0 Å². The summed E-state index contributed by atoms with van der Waals surface area (Å²) in [6.07, 6.45) is -0.268. The number of hydrogen-bond donors (Lipinski definition) is 4. The Kier molecular flexibility index (Phi) is 13.7. The molecule has 0 bridgehead atoms. The minimum absolute atomic E-state index is 0.139. The molecule has 0 saturated heterocycles. The molecule has 1 atom stereocenters. The number of esters is 1. The van der Waals surface area contributed by atoms with Crippen molar-refractivity contribution in [2.24, 2.45) is 0 Å². The number of rotatable bonds is 9. The molecule has 4 N–H and O–H groups in total. The van der Waals surface area contributed by atoms with Crippen molar-refractivity contribution in [1.29, 1.82) is 0 Å². The summed E-state index contributed by atoms with van der Waals surface area (Å²) in [6, 6.07) is 7.02. The van der Waals surface area contributed by atoms with Gasteiger partial charge in [-0.05, 0) is 40.2 Å². The van der Waals surface area contributed by atoms with Crippen LogP contribution in [0.1, 0.15) is 38.8 Å². The van der Waals surface area contributed by atoms with Crippen LogP contribution in [-0.2, 0) is 20.7 Å². The SMILES string of the molecule is CCOC(=O)C(Cc1ccc(C)cc1)NC(=O)OC(C)(C)C.OCCNCCO. The van der Waals surface area contributed by atoms with E-state index >= 15 is 0 Å². The number of ether oxygens (including phenoxy) is 2. The Balaban J connectivity index is 0.000000956. The molecule has 1 unspecified atom stereocenters. The number of nitrogens with one attached hydrogen (secondary N) is 2. The standard InChI is InChI=1S/C17H25NO4.C4H11NO2/c1-6-21-15(19)14(18-16(20)22-17(3,4)5)11-13-9-7-12(2)8-10-13;6-3-1-5-2-4-7/h7-10,14H,6,11H2,1-5H3,(H,18,20);5-7H,1-4H2. The Morgan fingerprint density at radius 1 is 1.07 bits per heavy atom. The van der Waals surface area contributed by atoms with Crippen molar-refractivity contribution in [3.05, 3.63) is 35.4 Å². The summed E-state index contributed by atoms with van der Waals surface area (Å²) >= 11 is 0. The Morgan fingerprint density at radius 3 is 2.07 bits per heavy atom. The van der Waals surface area contributed by atoms with Gasteiger partial charge in [0.25, 0.3) is 0 Å². The van der Waals surface area contributed by atoms with Crippen molar-refractivity contribution in [2.75, 3.05) is 32.9 Å². The quantitative estimate of drug-likeness (QED) is 0.359. The summed E-state index contributed by atoms with van der Waals surface area (Å²) in [7, 11) is 0. The average Bonchev–Trinajstić information content (AvgIpc) is 2.62. The maximum Gasteiger partial charge on any atom is 0.408 e. The van der Waals surface area contributed by atoms with Gasteiger partial charge in [-0.1, -0.05) is 29.8 Å². The Morgan fingerprint density at radius 2 is 1.62 bits per heavy atom. The summed E-state index contributed by atoms with van der Waals surface area (Å²) in [4.78, 5) is 23.9. The number of amides is 1. The van der Waals surface area contributed by atoms with E-state index in [-0.39, 0.29) is 19.8 Å². The van der Waals surface area contributed by atoms with Gasteiger partial charge >= 0.3 is 12.1 Å². The van der Waals surface area contributed by atoms with Crippen molar-refractivity contribution >= 4 is 12.1 Å². The monoisotopic (exact) mass is 412 g/mol. The molecule has 1 aromatic rings.